The maximum Gasteiger partial charge on any atom is 0.265 e. The summed E-state index contributed by atoms with van der Waals surface area (Å²) in [6, 6.07) is 4.71. The number of sulfonamides is 1. The van der Waals surface area contributed by atoms with Gasteiger partial charge in [0.1, 0.15) is 4.90 Å². The molecule has 0 aliphatic heterocycles. The second-order valence-corrected chi connectivity index (χ2v) is 6.27. The molecular weight excluding hydrogens is 312 g/mol. The van der Waals surface area contributed by atoms with Crippen LogP contribution in [0, 0.1) is 11.8 Å². The predicted molar refractivity (Wildman–Crippen MR) is 81.4 cm³/mol. The van der Waals surface area contributed by atoms with Crippen LogP contribution in [-0.2, 0) is 17.1 Å². The number of nitrogens with zero attached hydrogens (tertiary/aromatic N) is 2. The van der Waals surface area contributed by atoms with Crippen molar-refractivity contribution < 1.29 is 8.42 Å². The van der Waals surface area contributed by atoms with Gasteiger partial charge in [-0.2, -0.15) is 5.10 Å². The van der Waals surface area contributed by atoms with Crippen molar-refractivity contribution in [3.63, 3.8) is 0 Å². The molecule has 0 saturated heterocycles. The van der Waals surface area contributed by atoms with E-state index in [0.29, 0.717) is 16.3 Å². The molecule has 0 amide bonds. The maximum absolute atomic E-state index is 12.3. The van der Waals surface area contributed by atoms with E-state index >= 15 is 0 Å². The highest BCUT2D eigenvalue weighted by Crippen LogP contribution is 2.22. The molecule has 1 heterocycles. The van der Waals surface area contributed by atoms with Crippen molar-refractivity contribution in [1.29, 1.82) is 0 Å². The quantitative estimate of drug-likeness (QED) is 0.830. The van der Waals surface area contributed by atoms with E-state index in [2.05, 4.69) is 21.7 Å². The first kappa shape index (κ1) is 15.4. The fraction of sp³-hybridized carbons (Fsp3) is 0.154. The Hall–Kier alpha value is -2.01. The predicted octanol–water partition coefficient (Wildman–Crippen LogP) is 1.18. The molecule has 2 aromatic rings. The SMILES string of the molecule is Cn1cc(S(=O)(=O)Nc2ccc(Cl)cc2C#CCN)cn1. The van der Waals surface area contributed by atoms with Gasteiger partial charge in [0.2, 0.25) is 0 Å². The van der Waals surface area contributed by atoms with Crippen molar-refractivity contribution in [2.45, 2.75) is 4.90 Å². The Morgan fingerprint density at radius 1 is 1.48 bits per heavy atom. The molecule has 0 fully saturated rings. The first-order valence-corrected chi connectivity index (χ1v) is 7.78. The van der Waals surface area contributed by atoms with Crippen LogP contribution in [-0.4, -0.2) is 24.7 Å². The van der Waals surface area contributed by atoms with Gasteiger partial charge in [-0.1, -0.05) is 23.4 Å². The Kier molecular flexibility index (Phi) is 4.53. The van der Waals surface area contributed by atoms with Crippen LogP contribution in [0.3, 0.4) is 0 Å². The lowest BCUT2D eigenvalue weighted by atomic mass is 10.2. The minimum Gasteiger partial charge on any atom is -0.320 e. The van der Waals surface area contributed by atoms with Gasteiger partial charge in [0.25, 0.3) is 10.0 Å². The molecule has 3 N–H and O–H groups in total. The van der Waals surface area contributed by atoms with E-state index in [9.17, 15) is 8.42 Å². The summed E-state index contributed by atoms with van der Waals surface area (Å²) in [5.41, 5.74) is 6.13. The zero-order valence-corrected chi connectivity index (χ0v) is 12.7. The second kappa shape index (κ2) is 6.18. The highest BCUT2D eigenvalue weighted by molar-refractivity contribution is 7.92. The minimum atomic E-state index is -3.73. The molecule has 8 heteroatoms. The van der Waals surface area contributed by atoms with E-state index in [1.807, 2.05) is 0 Å². The number of aromatic nitrogens is 2. The number of aryl methyl sites for hydroxylation is 1. The van der Waals surface area contributed by atoms with Gasteiger partial charge in [-0.05, 0) is 18.2 Å². The monoisotopic (exact) mass is 324 g/mol. The van der Waals surface area contributed by atoms with Crippen molar-refractivity contribution in [1.82, 2.24) is 9.78 Å². The average Bonchev–Trinajstić information content (AvgIpc) is 2.86. The number of nitrogens with two attached hydrogens (primary N) is 1. The van der Waals surface area contributed by atoms with Crippen LogP contribution in [0.15, 0.2) is 35.5 Å². The van der Waals surface area contributed by atoms with Gasteiger partial charge in [-0.3, -0.25) is 9.40 Å². The summed E-state index contributed by atoms with van der Waals surface area (Å²) >= 11 is 5.90. The number of benzene rings is 1. The molecule has 2 rings (SSSR count). The highest BCUT2D eigenvalue weighted by atomic mass is 35.5. The van der Waals surface area contributed by atoms with E-state index < -0.39 is 10.0 Å². The van der Waals surface area contributed by atoms with Crippen LogP contribution in [0.5, 0.6) is 0 Å². The van der Waals surface area contributed by atoms with E-state index in [-0.39, 0.29) is 11.4 Å². The van der Waals surface area contributed by atoms with E-state index in [1.54, 1.807) is 25.2 Å². The van der Waals surface area contributed by atoms with Gasteiger partial charge in [0.15, 0.2) is 0 Å². The number of hydrogen-bond donors (Lipinski definition) is 2. The summed E-state index contributed by atoms with van der Waals surface area (Å²) in [7, 11) is -2.09. The van der Waals surface area contributed by atoms with Crippen LogP contribution in [0.1, 0.15) is 5.56 Å². The van der Waals surface area contributed by atoms with Gasteiger partial charge in [0.05, 0.1) is 24.0 Å². The lowest BCUT2D eigenvalue weighted by Gasteiger charge is -2.08. The van der Waals surface area contributed by atoms with Crippen LogP contribution >= 0.6 is 11.6 Å². The summed E-state index contributed by atoms with van der Waals surface area (Å²) in [6.07, 6.45) is 2.67. The number of halogens is 1. The fourth-order valence-electron chi connectivity index (χ4n) is 1.60. The standard InChI is InChI=1S/C13H13ClN4O2S/c1-18-9-12(8-16-18)21(19,20)17-13-5-4-11(14)7-10(13)3-2-6-15/h4-5,7-9,17H,6,15H2,1H3. The molecule has 0 radical (unpaired) electrons. The number of anilines is 1. The lowest BCUT2D eigenvalue weighted by Crippen LogP contribution is -2.13. The van der Waals surface area contributed by atoms with Gasteiger partial charge in [-0.15, -0.1) is 0 Å². The third-order valence-corrected chi connectivity index (χ3v) is 4.10. The van der Waals surface area contributed by atoms with Crippen molar-refractivity contribution in [2.24, 2.45) is 12.8 Å². The smallest absolute Gasteiger partial charge is 0.265 e. The molecule has 6 nitrogen and oxygen atoms in total. The molecule has 0 aliphatic rings. The Morgan fingerprint density at radius 3 is 2.86 bits per heavy atom. The summed E-state index contributed by atoms with van der Waals surface area (Å²) in [4.78, 5) is 0.0673. The van der Waals surface area contributed by atoms with Crippen molar-refractivity contribution in [3.05, 3.63) is 41.2 Å². The Labute approximate surface area is 128 Å². The Morgan fingerprint density at radius 2 is 2.24 bits per heavy atom. The molecular formula is C13H13ClN4O2S. The number of rotatable bonds is 3. The van der Waals surface area contributed by atoms with Gasteiger partial charge in [0, 0.05) is 18.3 Å². The molecule has 0 unspecified atom stereocenters. The first-order valence-electron chi connectivity index (χ1n) is 5.92. The molecule has 0 saturated carbocycles. The maximum atomic E-state index is 12.3. The number of hydrogen-bond acceptors (Lipinski definition) is 4. The Balaban J connectivity index is 2.39. The Bertz CT molecular complexity index is 818. The topological polar surface area (TPSA) is 90.0 Å². The van der Waals surface area contributed by atoms with Crippen molar-refractivity contribution in [3.8, 4) is 11.8 Å². The molecule has 0 aliphatic carbocycles. The molecule has 0 atom stereocenters. The lowest BCUT2D eigenvalue weighted by molar-refractivity contribution is 0.601. The zero-order chi connectivity index (χ0) is 15.5. The highest BCUT2D eigenvalue weighted by Gasteiger charge is 2.17. The van der Waals surface area contributed by atoms with Gasteiger partial charge < -0.3 is 5.73 Å². The first-order chi connectivity index (χ1) is 9.92. The van der Waals surface area contributed by atoms with Gasteiger partial charge in [-0.25, -0.2) is 8.42 Å². The molecule has 0 bridgehead atoms. The summed E-state index contributed by atoms with van der Waals surface area (Å²) in [5.74, 6) is 5.46. The van der Waals surface area contributed by atoms with Gasteiger partial charge >= 0.3 is 0 Å². The molecule has 0 spiro atoms. The van der Waals surface area contributed by atoms with E-state index in [4.69, 9.17) is 17.3 Å². The molecule has 21 heavy (non-hydrogen) atoms. The summed E-state index contributed by atoms with van der Waals surface area (Å²) < 4.78 is 28.4. The van der Waals surface area contributed by atoms with E-state index in [0.717, 1.165) is 0 Å². The number of nitrogens with one attached hydrogen (secondary N) is 1. The fourth-order valence-corrected chi connectivity index (χ4v) is 2.83. The van der Waals surface area contributed by atoms with E-state index in [1.165, 1.54) is 17.1 Å². The summed E-state index contributed by atoms with van der Waals surface area (Å²) in [5, 5.41) is 4.30. The van der Waals surface area contributed by atoms with Crippen molar-refractivity contribution >= 4 is 27.3 Å². The third-order valence-electron chi connectivity index (χ3n) is 2.54. The average molecular weight is 325 g/mol. The molecule has 1 aromatic carbocycles. The van der Waals surface area contributed by atoms with Crippen LogP contribution < -0.4 is 10.5 Å². The van der Waals surface area contributed by atoms with Crippen molar-refractivity contribution in [2.75, 3.05) is 11.3 Å². The van der Waals surface area contributed by atoms with Crippen LogP contribution in [0.4, 0.5) is 5.69 Å². The normalized spacial score (nSPS) is 10.8. The summed E-state index contributed by atoms with van der Waals surface area (Å²) in [6.45, 7) is 0.168. The largest absolute Gasteiger partial charge is 0.320 e. The second-order valence-electron chi connectivity index (χ2n) is 4.15. The van der Waals surface area contributed by atoms with Crippen LogP contribution in [0.25, 0.3) is 0 Å². The zero-order valence-electron chi connectivity index (χ0n) is 11.2. The third kappa shape index (κ3) is 3.76. The minimum absolute atomic E-state index is 0.0673. The molecule has 1 aromatic heterocycles. The van der Waals surface area contributed by atoms with Crippen LogP contribution in [0.2, 0.25) is 5.02 Å². The molecule has 110 valence electrons.